The third-order valence-corrected chi connectivity index (χ3v) is 3.06. The van der Waals surface area contributed by atoms with Gasteiger partial charge in [0, 0.05) is 17.3 Å². The van der Waals surface area contributed by atoms with Gasteiger partial charge in [0.25, 0.3) is 5.91 Å². The number of methoxy groups -OCH3 is 1. The first-order valence-corrected chi connectivity index (χ1v) is 6.45. The molecule has 0 saturated carbocycles. The number of nitrogens with two attached hydrogens (primary N) is 1. The summed E-state index contributed by atoms with van der Waals surface area (Å²) in [6.45, 7) is 0.421. The van der Waals surface area contributed by atoms with Crippen molar-refractivity contribution in [3.05, 3.63) is 58.6 Å². The number of rotatable bonds is 4. The van der Waals surface area contributed by atoms with Crippen molar-refractivity contribution < 1.29 is 9.53 Å². The Morgan fingerprint density at radius 1 is 1.30 bits per heavy atom. The topological polar surface area (TPSA) is 64.3 Å². The molecule has 0 saturated heterocycles. The Hall–Kier alpha value is -2.04. The van der Waals surface area contributed by atoms with Crippen molar-refractivity contribution in [2.45, 2.75) is 6.54 Å². The van der Waals surface area contributed by atoms with Gasteiger partial charge in [0.15, 0.2) is 0 Å². The van der Waals surface area contributed by atoms with E-state index in [0.29, 0.717) is 28.6 Å². The molecule has 0 aromatic heterocycles. The summed E-state index contributed by atoms with van der Waals surface area (Å²) in [5, 5.41) is 3.28. The summed E-state index contributed by atoms with van der Waals surface area (Å²) < 4.78 is 5.16. The summed E-state index contributed by atoms with van der Waals surface area (Å²) in [4.78, 5) is 12.3. The lowest BCUT2D eigenvalue weighted by Gasteiger charge is -2.10. The van der Waals surface area contributed by atoms with Crippen molar-refractivity contribution in [1.82, 2.24) is 0 Å². The van der Waals surface area contributed by atoms with Gasteiger partial charge in [0.2, 0.25) is 0 Å². The fourth-order valence-corrected chi connectivity index (χ4v) is 2.00. The molecule has 0 bridgehead atoms. The van der Waals surface area contributed by atoms with Gasteiger partial charge in [0.05, 0.1) is 12.7 Å². The van der Waals surface area contributed by atoms with Crippen LogP contribution in [0.15, 0.2) is 42.5 Å². The Morgan fingerprint density at radius 2 is 2.10 bits per heavy atom. The molecule has 0 atom stereocenters. The number of nitrogens with one attached hydrogen (secondary N) is 1. The van der Waals surface area contributed by atoms with E-state index in [4.69, 9.17) is 22.1 Å². The summed E-state index contributed by atoms with van der Waals surface area (Å²) in [6, 6.07) is 12.3. The summed E-state index contributed by atoms with van der Waals surface area (Å²) in [6.07, 6.45) is 0. The Labute approximate surface area is 122 Å². The van der Waals surface area contributed by atoms with Gasteiger partial charge in [-0.15, -0.1) is 0 Å². The number of benzene rings is 2. The minimum absolute atomic E-state index is 0.279. The van der Waals surface area contributed by atoms with Crippen LogP contribution in [0.2, 0.25) is 5.02 Å². The third-order valence-electron chi connectivity index (χ3n) is 2.83. The van der Waals surface area contributed by atoms with Gasteiger partial charge < -0.3 is 15.8 Å². The molecule has 0 unspecified atom stereocenters. The van der Waals surface area contributed by atoms with Crippen LogP contribution in [0.25, 0.3) is 0 Å². The van der Waals surface area contributed by atoms with Crippen LogP contribution in [0.3, 0.4) is 0 Å². The van der Waals surface area contributed by atoms with E-state index in [0.717, 1.165) is 5.56 Å². The van der Waals surface area contributed by atoms with Crippen LogP contribution in [0.1, 0.15) is 15.9 Å². The fraction of sp³-hybridized carbons (Fsp3) is 0.133. The molecule has 5 heteroatoms. The van der Waals surface area contributed by atoms with E-state index in [-0.39, 0.29) is 5.91 Å². The van der Waals surface area contributed by atoms with Crippen molar-refractivity contribution in [3.63, 3.8) is 0 Å². The normalized spacial score (nSPS) is 10.2. The predicted molar refractivity (Wildman–Crippen MR) is 80.3 cm³/mol. The van der Waals surface area contributed by atoms with Crippen LogP contribution >= 0.6 is 11.6 Å². The zero-order chi connectivity index (χ0) is 14.5. The summed E-state index contributed by atoms with van der Waals surface area (Å²) in [7, 11) is 1.51. The average Bonchev–Trinajstić information content (AvgIpc) is 2.47. The Kier molecular flexibility index (Phi) is 4.61. The van der Waals surface area contributed by atoms with Gasteiger partial charge >= 0.3 is 0 Å². The second-order valence-corrected chi connectivity index (χ2v) is 4.64. The smallest absolute Gasteiger partial charge is 0.259 e. The van der Waals surface area contributed by atoms with Crippen LogP contribution in [0.5, 0.6) is 5.75 Å². The molecule has 0 aliphatic carbocycles. The van der Waals surface area contributed by atoms with Crippen molar-refractivity contribution in [3.8, 4) is 5.75 Å². The van der Waals surface area contributed by atoms with Gasteiger partial charge in [-0.3, -0.25) is 4.79 Å². The molecule has 0 spiro atoms. The summed E-state index contributed by atoms with van der Waals surface area (Å²) in [5.41, 5.74) is 7.59. The fourth-order valence-electron chi connectivity index (χ4n) is 1.83. The minimum Gasteiger partial charge on any atom is -0.496 e. The number of carbonyl (C=O) groups is 1. The lowest BCUT2D eigenvalue weighted by atomic mass is 10.1. The lowest BCUT2D eigenvalue weighted by molar-refractivity contribution is 0.102. The maximum atomic E-state index is 12.3. The number of amides is 1. The predicted octanol–water partition coefficient (Wildman–Crippen LogP) is 3.06. The van der Waals surface area contributed by atoms with Crippen LogP contribution in [0, 0.1) is 0 Å². The van der Waals surface area contributed by atoms with Gasteiger partial charge in [-0.2, -0.15) is 0 Å². The first-order chi connectivity index (χ1) is 9.63. The summed E-state index contributed by atoms with van der Waals surface area (Å²) >= 11 is 5.92. The van der Waals surface area contributed by atoms with E-state index >= 15 is 0 Å². The van der Waals surface area contributed by atoms with E-state index in [1.165, 1.54) is 7.11 Å². The van der Waals surface area contributed by atoms with Crippen LogP contribution in [0.4, 0.5) is 5.69 Å². The SMILES string of the molecule is COc1ccc(Cl)cc1C(=O)Nc1cccc(CN)c1. The monoisotopic (exact) mass is 290 g/mol. The molecular formula is C15H15ClN2O2. The Bertz CT molecular complexity index is 629. The Balaban J connectivity index is 2.25. The number of hydrogen-bond donors (Lipinski definition) is 2. The zero-order valence-corrected chi connectivity index (χ0v) is 11.8. The molecule has 0 fully saturated rings. The molecule has 0 aliphatic heterocycles. The van der Waals surface area contributed by atoms with Crippen LogP contribution in [-0.2, 0) is 6.54 Å². The van der Waals surface area contributed by atoms with E-state index in [2.05, 4.69) is 5.32 Å². The molecule has 1 amide bonds. The van der Waals surface area contributed by atoms with Crippen molar-refractivity contribution >= 4 is 23.2 Å². The molecule has 2 aromatic carbocycles. The largest absolute Gasteiger partial charge is 0.496 e. The quantitative estimate of drug-likeness (QED) is 0.909. The molecule has 20 heavy (non-hydrogen) atoms. The van der Waals surface area contributed by atoms with E-state index < -0.39 is 0 Å². The van der Waals surface area contributed by atoms with Gasteiger partial charge in [-0.1, -0.05) is 23.7 Å². The minimum atomic E-state index is -0.279. The highest BCUT2D eigenvalue weighted by atomic mass is 35.5. The number of carbonyl (C=O) groups excluding carboxylic acids is 1. The summed E-state index contributed by atoms with van der Waals surface area (Å²) in [5.74, 6) is 0.195. The van der Waals surface area contributed by atoms with Crippen LogP contribution in [-0.4, -0.2) is 13.0 Å². The maximum Gasteiger partial charge on any atom is 0.259 e. The highest BCUT2D eigenvalue weighted by molar-refractivity contribution is 6.31. The highest BCUT2D eigenvalue weighted by Crippen LogP contribution is 2.23. The number of halogens is 1. The molecule has 4 nitrogen and oxygen atoms in total. The zero-order valence-electron chi connectivity index (χ0n) is 11.0. The van der Waals surface area contributed by atoms with E-state index in [1.807, 2.05) is 18.2 Å². The van der Waals surface area contributed by atoms with Crippen molar-refractivity contribution in [2.75, 3.05) is 12.4 Å². The highest BCUT2D eigenvalue weighted by Gasteiger charge is 2.13. The molecule has 0 heterocycles. The van der Waals surface area contributed by atoms with Crippen molar-refractivity contribution in [2.24, 2.45) is 5.73 Å². The van der Waals surface area contributed by atoms with E-state index in [9.17, 15) is 4.79 Å². The third kappa shape index (κ3) is 3.29. The van der Waals surface area contributed by atoms with Gasteiger partial charge in [0.1, 0.15) is 5.75 Å². The maximum absolute atomic E-state index is 12.3. The molecule has 2 aromatic rings. The van der Waals surface area contributed by atoms with Gasteiger partial charge in [-0.05, 0) is 35.9 Å². The molecular weight excluding hydrogens is 276 g/mol. The molecule has 0 radical (unpaired) electrons. The molecule has 0 aliphatic rings. The number of ether oxygens (including phenoxy) is 1. The lowest BCUT2D eigenvalue weighted by Crippen LogP contribution is -2.13. The first kappa shape index (κ1) is 14.4. The second-order valence-electron chi connectivity index (χ2n) is 4.20. The van der Waals surface area contributed by atoms with Crippen molar-refractivity contribution in [1.29, 1.82) is 0 Å². The van der Waals surface area contributed by atoms with Gasteiger partial charge in [-0.25, -0.2) is 0 Å². The molecule has 3 N–H and O–H groups in total. The van der Waals surface area contributed by atoms with E-state index in [1.54, 1.807) is 24.3 Å². The average molecular weight is 291 g/mol. The number of hydrogen-bond acceptors (Lipinski definition) is 3. The standard InChI is InChI=1S/C15H15ClN2O2/c1-20-14-6-5-11(16)8-13(14)15(19)18-12-4-2-3-10(7-12)9-17/h2-8H,9,17H2,1H3,(H,18,19). The Morgan fingerprint density at radius 3 is 2.80 bits per heavy atom. The molecule has 104 valence electrons. The van der Waals surface area contributed by atoms with Crippen LogP contribution < -0.4 is 15.8 Å². The first-order valence-electron chi connectivity index (χ1n) is 6.08. The number of anilines is 1. The second kappa shape index (κ2) is 6.41. The molecule has 2 rings (SSSR count).